The highest BCUT2D eigenvalue weighted by atomic mass is 19.1. The Morgan fingerprint density at radius 1 is 1.12 bits per heavy atom. The second kappa shape index (κ2) is 8.67. The number of urea groups is 1. The van der Waals surface area contributed by atoms with Crippen LogP contribution >= 0.6 is 0 Å². The van der Waals surface area contributed by atoms with Crippen LogP contribution in [-0.2, 0) is 12.1 Å². The van der Waals surface area contributed by atoms with Gasteiger partial charge in [0, 0.05) is 24.3 Å². The van der Waals surface area contributed by atoms with E-state index in [1.165, 1.54) is 29.5 Å². The van der Waals surface area contributed by atoms with Crippen LogP contribution in [-0.4, -0.2) is 64.9 Å². The molecule has 1 aliphatic heterocycles. The molecule has 0 aliphatic carbocycles. The van der Waals surface area contributed by atoms with Crippen molar-refractivity contribution in [2.24, 2.45) is 0 Å². The average molecular weight is 462 g/mol. The van der Waals surface area contributed by atoms with Gasteiger partial charge in [0.05, 0.1) is 30.7 Å². The first-order valence-electron chi connectivity index (χ1n) is 10.8. The van der Waals surface area contributed by atoms with E-state index in [1.807, 2.05) is 24.3 Å². The van der Waals surface area contributed by atoms with E-state index in [0.717, 1.165) is 5.69 Å². The van der Waals surface area contributed by atoms with E-state index >= 15 is 0 Å². The highest BCUT2D eigenvalue weighted by Gasteiger charge is 2.46. The molecule has 2 aromatic heterocycles. The van der Waals surface area contributed by atoms with Crippen LogP contribution in [0.4, 0.5) is 14.9 Å². The van der Waals surface area contributed by atoms with Crippen LogP contribution < -0.4 is 4.90 Å². The lowest BCUT2D eigenvalue weighted by molar-refractivity contribution is -0.0474. The second-order valence-electron chi connectivity index (χ2n) is 8.16. The molecule has 174 valence electrons. The third-order valence-electron chi connectivity index (χ3n) is 6.26. The summed E-state index contributed by atoms with van der Waals surface area (Å²) in [5.41, 5.74) is -0.0997. The Balaban J connectivity index is 1.42. The monoisotopic (exact) mass is 462 g/mol. The number of nitrogens with zero attached hydrogens (tertiary/aromatic N) is 8. The SMILES string of the molecule is CC(N1CCN(c2ccc(-n3ccnn3)cc2)C1=O)C(O)(Cn1cncn1)c1ccccc1F. The van der Waals surface area contributed by atoms with Crippen LogP contribution in [0.3, 0.4) is 0 Å². The number of rotatable bonds is 7. The normalized spacial score (nSPS) is 16.6. The molecule has 2 atom stereocenters. The molecule has 1 saturated heterocycles. The van der Waals surface area contributed by atoms with Gasteiger partial charge in [0.25, 0.3) is 0 Å². The number of aliphatic hydroxyl groups is 1. The molecule has 2 unspecified atom stereocenters. The number of hydrogen-bond donors (Lipinski definition) is 1. The van der Waals surface area contributed by atoms with Crippen molar-refractivity contribution in [3.8, 4) is 5.69 Å². The molecule has 1 aliphatic rings. The molecule has 0 radical (unpaired) electrons. The van der Waals surface area contributed by atoms with Crippen molar-refractivity contribution in [1.82, 2.24) is 34.7 Å². The summed E-state index contributed by atoms with van der Waals surface area (Å²) in [5, 5.41) is 23.7. The Kier molecular flexibility index (Phi) is 5.54. The van der Waals surface area contributed by atoms with E-state index < -0.39 is 17.5 Å². The summed E-state index contributed by atoms with van der Waals surface area (Å²) in [6.07, 6.45) is 6.12. The molecule has 34 heavy (non-hydrogen) atoms. The van der Waals surface area contributed by atoms with Crippen LogP contribution in [0.25, 0.3) is 5.69 Å². The van der Waals surface area contributed by atoms with Gasteiger partial charge in [-0.25, -0.2) is 23.5 Å². The fraction of sp³-hybridized carbons (Fsp3) is 0.261. The number of halogens is 1. The number of carbonyl (C=O) groups is 1. The maximum absolute atomic E-state index is 14.8. The average Bonchev–Trinajstić information content (AvgIpc) is 3.62. The van der Waals surface area contributed by atoms with Gasteiger partial charge in [-0.2, -0.15) is 5.10 Å². The lowest BCUT2D eigenvalue weighted by atomic mass is 9.85. The van der Waals surface area contributed by atoms with Gasteiger partial charge >= 0.3 is 6.03 Å². The molecule has 2 amide bonds. The fourth-order valence-corrected chi connectivity index (χ4v) is 4.36. The minimum absolute atomic E-state index is 0.0640. The molecule has 5 rings (SSSR count). The van der Waals surface area contributed by atoms with Crippen LogP contribution in [0.2, 0.25) is 0 Å². The molecule has 11 heteroatoms. The standard InChI is InChI=1S/C23H23FN8O2/c1-17(23(34,14-29-16-25-15-27-29)20-4-2-3-5-21(20)24)30-12-13-31(22(30)33)18-6-8-19(9-7-18)32-11-10-26-28-32/h2-11,15-17,34H,12-14H2,1H3. The van der Waals surface area contributed by atoms with Crippen molar-refractivity contribution < 1.29 is 14.3 Å². The zero-order chi connectivity index (χ0) is 23.7. The highest BCUT2D eigenvalue weighted by Crippen LogP contribution is 2.34. The third-order valence-corrected chi connectivity index (χ3v) is 6.26. The fourth-order valence-electron chi connectivity index (χ4n) is 4.36. The minimum Gasteiger partial charge on any atom is -0.381 e. The second-order valence-corrected chi connectivity index (χ2v) is 8.16. The van der Waals surface area contributed by atoms with Crippen LogP contribution in [0.5, 0.6) is 0 Å². The molecule has 1 N–H and O–H groups in total. The van der Waals surface area contributed by atoms with Crippen molar-refractivity contribution >= 4 is 11.7 Å². The first kappa shape index (κ1) is 21.7. The number of hydrogen-bond acceptors (Lipinski definition) is 6. The van der Waals surface area contributed by atoms with Crippen molar-refractivity contribution in [3.63, 3.8) is 0 Å². The van der Waals surface area contributed by atoms with E-state index in [0.29, 0.717) is 18.8 Å². The zero-order valence-corrected chi connectivity index (χ0v) is 18.4. The van der Waals surface area contributed by atoms with E-state index in [2.05, 4.69) is 20.4 Å². The minimum atomic E-state index is -1.73. The topological polar surface area (TPSA) is 105 Å². The maximum Gasteiger partial charge on any atom is 0.324 e. The van der Waals surface area contributed by atoms with Crippen molar-refractivity contribution in [1.29, 1.82) is 0 Å². The number of amides is 2. The first-order valence-corrected chi connectivity index (χ1v) is 10.8. The summed E-state index contributed by atoms with van der Waals surface area (Å²) >= 11 is 0. The molecule has 2 aromatic carbocycles. The Morgan fingerprint density at radius 3 is 2.56 bits per heavy atom. The first-order chi connectivity index (χ1) is 16.5. The molecular formula is C23H23FN8O2. The van der Waals surface area contributed by atoms with Crippen molar-refractivity contribution in [2.75, 3.05) is 18.0 Å². The number of anilines is 1. The van der Waals surface area contributed by atoms with E-state index in [-0.39, 0.29) is 18.1 Å². The summed E-state index contributed by atoms with van der Waals surface area (Å²) < 4.78 is 17.9. The smallest absolute Gasteiger partial charge is 0.324 e. The van der Waals surface area contributed by atoms with Gasteiger partial charge in [0.2, 0.25) is 0 Å². The molecular weight excluding hydrogens is 439 g/mol. The summed E-state index contributed by atoms with van der Waals surface area (Å²) in [5.74, 6) is -0.552. The van der Waals surface area contributed by atoms with Gasteiger partial charge in [-0.05, 0) is 37.3 Å². The zero-order valence-electron chi connectivity index (χ0n) is 18.4. The van der Waals surface area contributed by atoms with Gasteiger partial charge in [-0.1, -0.05) is 23.4 Å². The molecule has 10 nitrogen and oxygen atoms in total. The van der Waals surface area contributed by atoms with Gasteiger partial charge in [-0.3, -0.25) is 4.90 Å². The van der Waals surface area contributed by atoms with Gasteiger partial charge in [0.15, 0.2) is 0 Å². The number of carbonyl (C=O) groups excluding carboxylic acids is 1. The summed E-state index contributed by atoms with van der Waals surface area (Å²) in [6, 6.07) is 12.4. The molecule has 1 fully saturated rings. The number of benzene rings is 2. The quantitative estimate of drug-likeness (QED) is 0.452. The Hall–Kier alpha value is -4.12. The Bertz CT molecular complexity index is 1260. The van der Waals surface area contributed by atoms with Gasteiger partial charge < -0.3 is 10.0 Å². The third kappa shape index (κ3) is 3.79. The van der Waals surface area contributed by atoms with Crippen molar-refractivity contribution in [3.05, 3.63) is 85.0 Å². The summed E-state index contributed by atoms with van der Waals surface area (Å²) in [4.78, 5) is 20.5. The largest absolute Gasteiger partial charge is 0.381 e. The van der Waals surface area contributed by atoms with Crippen molar-refractivity contribution in [2.45, 2.75) is 25.1 Å². The number of aromatic nitrogens is 6. The maximum atomic E-state index is 14.8. The lowest BCUT2D eigenvalue weighted by Crippen LogP contribution is -2.53. The molecule has 0 bridgehead atoms. The predicted octanol–water partition coefficient (Wildman–Crippen LogP) is 2.22. The molecule has 3 heterocycles. The molecule has 0 saturated carbocycles. The molecule has 0 spiro atoms. The lowest BCUT2D eigenvalue weighted by Gasteiger charge is -2.39. The Labute approximate surface area is 194 Å². The predicted molar refractivity (Wildman–Crippen MR) is 121 cm³/mol. The van der Waals surface area contributed by atoms with Crippen LogP contribution in [0.15, 0.2) is 73.6 Å². The van der Waals surface area contributed by atoms with E-state index in [1.54, 1.807) is 45.9 Å². The van der Waals surface area contributed by atoms with Crippen LogP contribution in [0, 0.1) is 5.82 Å². The summed E-state index contributed by atoms with van der Waals surface area (Å²) in [7, 11) is 0. The Morgan fingerprint density at radius 2 is 1.88 bits per heavy atom. The van der Waals surface area contributed by atoms with E-state index in [4.69, 9.17) is 0 Å². The molecule has 4 aromatic rings. The highest BCUT2D eigenvalue weighted by molar-refractivity contribution is 5.94. The van der Waals surface area contributed by atoms with Gasteiger partial charge in [0.1, 0.15) is 24.1 Å². The van der Waals surface area contributed by atoms with Gasteiger partial charge in [-0.15, -0.1) is 5.10 Å². The van der Waals surface area contributed by atoms with Crippen LogP contribution in [0.1, 0.15) is 12.5 Å². The summed E-state index contributed by atoms with van der Waals surface area (Å²) in [6.45, 7) is 2.46. The van der Waals surface area contributed by atoms with E-state index in [9.17, 15) is 14.3 Å².